The summed E-state index contributed by atoms with van der Waals surface area (Å²) in [5.74, 6) is 3.50. The topological polar surface area (TPSA) is 24.9 Å². The van der Waals surface area contributed by atoms with Gasteiger partial charge in [0.15, 0.2) is 0 Å². The number of aromatic nitrogens is 1. The average Bonchev–Trinajstić information content (AvgIpc) is 2.04. The predicted molar refractivity (Wildman–Crippen MR) is 55.5 cm³/mol. The van der Waals surface area contributed by atoms with Crippen molar-refractivity contribution in [2.24, 2.45) is 0 Å². The van der Waals surface area contributed by atoms with E-state index < -0.39 is 0 Å². The number of anilines is 1. The van der Waals surface area contributed by atoms with Crippen LogP contribution in [0.4, 0.5) is 5.82 Å². The molecule has 68 valence electrons. The van der Waals surface area contributed by atoms with Crippen molar-refractivity contribution in [3.63, 3.8) is 0 Å². The van der Waals surface area contributed by atoms with E-state index in [1.165, 1.54) is 0 Å². The molecule has 1 unspecified atom stereocenters. The van der Waals surface area contributed by atoms with Gasteiger partial charge in [-0.2, -0.15) is 0 Å². The molecule has 2 heteroatoms. The molecule has 1 N–H and O–H groups in total. The molecule has 1 heterocycles. The second-order valence-corrected chi connectivity index (χ2v) is 3.12. The molecule has 0 aliphatic rings. The Morgan fingerprint density at radius 3 is 3.00 bits per heavy atom. The van der Waals surface area contributed by atoms with Crippen LogP contribution in [0, 0.1) is 19.3 Å². The van der Waals surface area contributed by atoms with E-state index in [0.29, 0.717) is 0 Å². The molecule has 2 nitrogen and oxygen atoms in total. The second kappa shape index (κ2) is 4.51. The molecule has 0 amide bonds. The highest BCUT2D eigenvalue weighted by Gasteiger charge is 1.99. The van der Waals surface area contributed by atoms with Gasteiger partial charge >= 0.3 is 0 Å². The van der Waals surface area contributed by atoms with E-state index in [4.69, 9.17) is 6.42 Å². The van der Waals surface area contributed by atoms with Crippen molar-refractivity contribution in [2.75, 3.05) is 5.32 Å². The molecule has 0 saturated carbocycles. The van der Waals surface area contributed by atoms with Gasteiger partial charge in [-0.05, 0) is 26.0 Å². The minimum Gasteiger partial charge on any atom is -0.367 e. The van der Waals surface area contributed by atoms with E-state index in [1.807, 2.05) is 32.0 Å². The molecule has 0 fully saturated rings. The Hall–Kier alpha value is -1.49. The normalized spacial score (nSPS) is 11.8. The smallest absolute Gasteiger partial charge is 0.126 e. The molecule has 0 bridgehead atoms. The number of hydrogen-bond donors (Lipinski definition) is 1. The molecule has 0 aliphatic carbocycles. The third-order valence-electron chi connectivity index (χ3n) is 1.71. The van der Waals surface area contributed by atoms with Crippen molar-refractivity contribution in [3.05, 3.63) is 23.9 Å². The molecule has 1 aromatic rings. The summed E-state index contributed by atoms with van der Waals surface area (Å²) in [4.78, 5) is 4.32. The number of hydrogen-bond acceptors (Lipinski definition) is 2. The summed E-state index contributed by atoms with van der Waals surface area (Å²) in [7, 11) is 0. The molecule has 1 aromatic heterocycles. The lowest BCUT2D eigenvalue weighted by Crippen LogP contribution is -2.15. The van der Waals surface area contributed by atoms with Gasteiger partial charge in [0.1, 0.15) is 5.82 Å². The van der Waals surface area contributed by atoms with E-state index >= 15 is 0 Å². The molecule has 0 radical (unpaired) electrons. The standard InChI is InChI=1S/C11H14N2/c1-4-6-9(2)12-11-8-5-7-10(3)13-11/h1,5,7-9H,6H2,2-3H3,(H,12,13). The van der Waals surface area contributed by atoms with Crippen LogP contribution in [-0.4, -0.2) is 11.0 Å². The first-order valence-corrected chi connectivity index (χ1v) is 4.36. The number of rotatable bonds is 3. The van der Waals surface area contributed by atoms with Crippen molar-refractivity contribution in [2.45, 2.75) is 26.3 Å². The van der Waals surface area contributed by atoms with Gasteiger partial charge in [-0.15, -0.1) is 12.3 Å². The first kappa shape index (κ1) is 9.60. The number of pyridine rings is 1. The Kier molecular flexibility index (Phi) is 3.33. The van der Waals surface area contributed by atoms with E-state index in [0.717, 1.165) is 17.9 Å². The summed E-state index contributed by atoms with van der Waals surface area (Å²) < 4.78 is 0. The third-order valence-corrected chi connectivity index (χ3v) is 1.71. The third kappa shape index (κ3) is 3.16. The highest BCUT2D eigenvalue weighted by molar-refractivity contribution is 5.36. The fourth-order valence-electron chi connectivity index (χ4n) is 1.10. The summed E-state index contributed by atoms with van der Waals surface area (Å²) in [6.07, 6.45) is 5.92. The van der Waals surface area contributed by atoms with Gasteiger partial charge in [-0.1, -0.05) is 6.07 Å². The maximum Gasteiger partial charge on any atom is 0.126 e. The van der Waals surface area contributed by atoms with Crippen molar-refractivity contribution < 1.29 is 0 Å². The monoisotopic (exact) mass is 174 g/mol. The van der Waals surface area contributed by atoms with Crippen molar-refractivity contribution >= 4 is 5.82 Å². The summed E-state index contributed by atoms with van der Waals surface area (Å²) >= 11 is 0. The van der Waals surface area contributed by atoms with Gasteiger partial charge in [0.25, 0.3) is 0 Å². The Morgan fingerprint density at radius 2 is 2.38 bits per heavy atom. The van der Waals surface area contributed by atoms with Gasteiger partial charge in [-0.3, -0.25) is 0 Å². The second-order valence-electron chi connectivity index (χ2n) is 3.12. The van der Waals surface area contributed by atoms with Gasteiger partial charge in [0, 0.05) is 18.2 Å². The number of nitrogens with zero attached hydrogens (tertiary/aromatic N) is 1. The predicted octanol–water partition coefficient (Wildman–Crippen LogP) is 2.21. The maximum absolute atomic E-state index is 5.20. The molecule has 1 rings (SSSR count). The SMILES string of the molecule is C#CCC(C)Nc1cccc(C)n1. The Labute approximate surface area is 79.4 Å². The van der Waals surface area contributed by atoms with Crippen LogP contribution in [0.3, 0.4) is 0 Å². The van der Waals surface area contributed by atoms with E-state index in [2.05, 4.69) is 16.2 Å². The van der Waals surface area contributed by atoms with Crippen LogP contribution < -0.4 is 5.32 Å². The van der Waals surface area contributed by atoms with Crippen LogP contribution in [0.2, 0.25) is 0 Å². The molecular formula is C11H14N2. The number of aryl methyl sites for hydroxylation is 1. The van der Waals surface area contributed by atoms with E-state index in [-0.39, 0.29) is 6.04 Å². The lowest BCUT2D eigenvalue weighted by Gasteiger charge is -2.11. The van der Waals surface area contributed by atoms with Crippen LogP contribution in [-0.2, 0) is 0 Å². The van der Waals surface area contributed by atoms with Crippen LogP contribution in [0.25, 0.3) is 0 Å². The summed E-state index contributed by atoms with van der Waals surface area (Å²) in [5.41, 5.74) is 1.01. The Morgan fingerprint density at radius 1 is 1.62 bits per heavy atom. The van der Waals surface area contributed by atoms with Crippen molar-refractivity contribution in [3.8, 4) is 12.3 Å². The Bertz CT molecular complexity index is 312. The summed E-state index contributed by atoms with van der Waals surface area (Å²) in [6, 6.07) is 6.17. The lowest BCUT2D eigenvalue weighted by atomic mass is 10.2. The minimum atomic E-state index is 0.277. The van der Waals surface area contributed by atoms with Gasteiger partial charge in [0.05, 0.1) is 0 Å². The number of terminal acetylenes is 1. The van der Waals surface area contributed by atoms with Crippen molar-refractivity contribution in [1.82, 2.24) is 4.98 Å². The summed E-state index contributed by atoms with van der Waals surface area (Å²) in [5, 5.41) is 3.23. The van der Waals surface area contributed by atoms with Crippen LogP contribution in [0.1, 0.15) is 19.0 Å². The maximum atomic E-state index is 5.20. The highest BCUT2D eigenvalue weighted by Crippen LogP contribution is 2.06. The largest absolute Gasteiger partial charge is 0.367 e. The van der Waals surface area contributed by atoms with Gasteiger partial charge in [0.2, 0.25) is 0 Å². The van der Waals surface area contributed by atoms with Crippen molar-refractivity contribution in [1.29, 1.82) is 0 Å². The zero-order chi connectivity index (χ0) is 9.68. The van der Waals surface area contributed by atoms with E-state index in [9.17, 15) is 0 Å². The van der Waals surface area contributed by atoms with Crippen LogP contribution >= 0.6 is 0 Å². The zero-order valence-corrected chi connectivity index (χ0v) is 8.04. The van der Waals surface area contributed by atoms with E-state index in [1.54, 1.807) is 0 Å². The fourth-order valence-corrected chi connectivity index (χ4v) is 1.10. The molecular weight excluding hydrogens is 160 g/mol. The first-order valence-electron chi connectivity index (χ1n) is 4.36. The van der Waals surface area contributed by atoms with Crippen LogP contribution in [0.5, 0.6) is 0 Å². The van der Waals surface area contributed by atoms with Crippen LogP contribution in [0.15, 0.2) is 18.2 Å². The van der Waals surface area contributed by atoms with Gasteiger partial charge in [-0.25, -0.2) is 4.98 Å². The fraction of sp³-hybridized carbons (Fsp3) is 0.364. The quantitative estimate of drug-likeness (QED) is 0.711. The minimum absolute atomic E-state index is 0.277. The summed E-state index contributed by atoms with van der Waals surface area (Å²) in [6.45, 7) is 4.01. The first-order chi connectivity index (χ1) is 6.22. The zero-order valence-electron chi connectivity index (χ0n) is 8.04. The molecule has 0 aliphatic heterocycles. The average molecular weight is 174 g/mol. The molecule has 0 aromatic carbocycles. The molecule has 13 heavy (non-hydrogen) atoms. The molecule has 1 atom stereocenters. The highest BCUT2D eigenvalue weighted by atomic mass is 15.0. The Balaban J connectivity index is 2.59. The molecule has 0 saturated heterocycles. The lowest BCUT2D eigenvalue weighted by molar-refractivity contribution is 0.820. The van der Waals surface area contributed by atoms with Gasteiger partial charge < -0.3 is 5.32 Å². The number of nitrogens with one attached hydrogen (secondary N) is 1. The molecule has 0 spiro atoms.